The minimum atomic E-state index is -0.167. The summed E-state index contributed by atoms with van der Waals surface area (Å²) in [4.78, 5) is 9.46. The van der Waals surface area contributed by atoms with Gasteiger partial charge in [-0.1, -0.05) is 48.5 Å². The molecule has 26 heavy (non-hydrogen) atoms. The summed E-state index contributed by atoms with van der Waals surface area (Å²) in [6.45, 7) is 0.449. The van der Waals surface area contributed by atoms with Crippen molar-refractivity contribution in [3.8, 4) is 11.3 Å². The third-order valence-corrected chi connectivity index (χ3v) is 4.17. The highest BCUT2D eigenvalue weighted by atomic mass is 16.5. The minimum absolute atomic E-state index is 0.167. The molecule has 0 aliphatic carbocycles. The Morgan fingerprint density at radius 2 is 1.77 bits per heavy atom. The average Bonchev–Trinajstić information content (AvgIpc) is 3.22. The highest BCUT2D eigenvalue weighted by Gasteiger charge is 2.17. The molecule has 0 saturated heterocycles. The van der Waals surface area contributed by atoms with Crippen molar-refractivity contribution in [2.24, 2.45) is 0 Å². The van der Waals surface area contributed by atoms with E-state index >= 15 is 0 Å². The number of nitrogens with one attached hydrogen (secondary N) is 1. The summed E-state index contributed by atoms with van der Waals surface area (Å²) in [5.41, 5.74) is 2.84. The van der Waals surface area contributed by atoms with Gasteiger partial charge in [0, 0.05) is 18.1 Å². The number of anilines is 1. The Bertz CT molecular complexity index is 985. The van der Waals surface area contributed by atoms with Crippen LogP contribution in [0.1, 0.15) is 11.8 Å². The Morgan fingerprint density at radius 3 is 2.54 bits per heavy atom. The Morgan fingerprint density at radius 1 is 0.962 bits per heavy atom. The average molecular weight is 345 g/mol. The molecule has 4 aromatic rings. The van der Waals surface area contributed by atoms with Crippen molar-refractivity contribution in [1.82, 2.24) is 9.97 Å². The molecule has 0 aliphatic heterocycles. The van der Waals surface area contributed by atoms with Gasteiger partial charge in [0.1, 0.15) is 11.8 Å². The number of fused-ring (bicyclic) bond motifs is 1. The molecule has 0 aliphatic rings. The maximum atomic E-state index is 5.52. The first-order chi connectivity index (χ1) is 12.8. The van der Waals surface area contributed by atoms with Gasteiger partial charge < -0.3 is 14.5 Å². The molecule has 5 nitrogen and oxygen atoms in total. The molecule has 5 heteroatoms. The van der Waals surface area contributed by atoms with Crippen LogP contribution in [0, 0.1) is 0 Å². The van der Waals surface area contributed by atoms with Crippen LogP contribution < -0.4 is 5.32 Å². The van der Waals surface area contributed by atoms with E-state index in [-0.39, 0.29) is 6.04 Å². The van der Waals surface area contributed by atoms with E-state index in [0.29, 0.717) is 12.6 Å². The van der Waals surface area contributed by atoms with Crippen molar-refractivity contribution in [3.05, 3.63) is 78.8 Å². The Labute approximate surface area is 151 Å². The first-order valence-corrected chi connectivity index (χ1v) is 8.46. The van der Waals surface area contributed by atoms with Gasteiger partial charge in [0.15, 0.2) is 0 Å². The van der Waals surface area contributed by atoms with E-state index in [1.165, 1.54) is 0 Å². The summed E-state index contributed by atoms with van der Waals surface area (Å²) in [5, 5.41) is 4.36. The molecule has 2 heterocycles. The van der Waals surface area contributed by atoms with Crippen molar-refractivity contribution in [3.63, 3.8) is 0 Å². The molecule has 1 N–H and O–H groups in total. The number of methoxy groups -OCH3 is 1. The van der Waals surface area contributed by atoms with Gasteiger partial charge in [0.05, 0.1) is 24.1 Å². The van der Waals surface area contributed by atoms with Gasteiger partial charge in [-0.2, -0.15) is 0 Å². The van der Waals surface area contributed by atoms with Crippen LogP contribution in [0.2, 0.25) is 0 Å². The van der Waals surface area contributed by atoms with E-state index in [2.05, 4.69) is 22.4 Å². The Kier molecular flexibility index (Phi) is 4.62. The fourth-order valence-electron chi connectivity index (χ4n) is 2.96. The van der Waals surface area contributed by atoms with Gasteiger partial charge >= 0.3 is 0 Å². The number of aromatic nitrogens is 2. The second-order valence-electron chi connectivity index (χ2n) is 5.95. The molecule has 4 rings (SSSR count). The monoisotopic (exact) mass is 345 g/mol. The highest BCUT2D eigenvalue weighted by Crippen LogP contribution is 2.28. The predicted molar refractivity (Wildman–Crippen MR) is 102 cm³/mol. The van der Waals surface area contributed by atoms with Gasteiger partial charge in [-0.25, -0.2) is 9.97 Å². The molecule has 1 atom stereocenters. The highest BCUT2D eigenvalue weighted by molar-refractivity contribution is 5.93. The second-order valence-corrected chi connectivity index (χ2v) is 5.95. The molecule has 0 radical (unpaired) electrons. The van der Waals surface area contributed by atoms with E-state index in [4.69, 9.17) is 14.1 Å². The molecule has 0 bridgehead atoms. The van der Waals surface area contributed by atoms with Crippen molar-refractivity contribution < 1.29 is 9.15 Å². The molecule has 0 amide bonds. The number of benzene rings is 2. The van der Waals surface area contributed by atoms with Crippen LogP contribution in [0.5, 0.6) is 0 Å². The first-order valence-electron chi connectivity index (χ1n) is 8.46. The zero-order valence-corrected chi connectivity index (χ0v) is 14.4. The van der Waals surface area contributed by atoms with Gasteiger partial charge in [-0.15, -0.1) is 0 Å². The summed E-state index contributed by atoms with van der Waals surface area (Å²) in [6, 6.07) is 21.7. The summed E-state index contributed by atoms with van der Waals surface area (Å²) in [5.74, 6) is 1.32. The lowest BCUT2D eigenvalue weighted by Gasteiger charge is -2.17. The number of ether oxygens (including phenoxy) is 1. The van der Waals surface area contributed by atoms with Gasteiger partial charge in [-0.05, 0) is 18.2 Å². The van der Waals surface area contributed by atoms with Crippen LogP contribution >= 0.6 is 0 Å². The van der Waals surface area contributed by atoms with E-state index in [1.54, 1.807) is 13.4 Å². The fourth-order valence-corrected chi connectivity index (χ4v) is 2.96. The third kappa shape index (κ3) is 3.30. The summed E-state index contributed by atoms with van der Waals surface area (Å²) < 4.78 is 10.8. The maximum absolute atomic E-state index is 5.52. The van der Waals surface area contributed by atoms with Gasteiger partial charge in [-0.3, -0.25) is 0 Å². The fraction of sp³-hybridized carbons (Fsp3) is 0.143. The smallest absolute Gasteiger partial charge is 0.224 e. The van der Waals surface area contributed by atoms with Crippen LogP contribution in [-0.4, -0.2) is 23.7 Å². The number of rotatable bonds is 6. The van der Waals surface area contributed by atoms with Crippen LogP contribution in [0.15, 0.2) is 77.4 Å². The van der Waals surface area contributed by atoms with Crippen molar-refractivity contribution >= 4 is 16.9 Å². The summed E-state index contributed by atoms with van der Waals surface area (Å²) in [7, 11) is 1.66. The Hall–Kier alpha value is -3.18. The zero-order chi connectivity index (χ0) is 17.8. The molecule has 0 fully saturated rings. The van der Waals surface area contributed by atoms with Crippen LogP contribution in [0.4, 0.5) is 5.95 Å². The maximum Gasteiger partial charge on any atom is 0.224 e. The van der Waals surface area contributed by atoms with Crippen LogP contribution in [0.25, 0.3) is 22.2 Å². The lowest BCUT2D eigenvalue weighted by atomic mass is 10.1. The Balaban J connectivity index is 1.78. The van der Waals surface area contributed by atoms with Crippen molar-refractivity contribution in [2.45, 2.75) is 6.04 Å². The largest absolute Gasteiger partial charge is 0.467 e. The molecule has 1 unspecified atom stereocenters. The summed E-state index contributed by atoms with van der Waals surface area (Å²) >= 11 is 0. The molecule has 2 aromatic carbocycles. The lowest BCUT2D eigenvalue weighted by molar-refractivity contribution is 0.178. The number of para-hydroxylation sites is 1. The van der Waals surface area contributed by atoms with E-state index < -0.39 is 0 Å². The lowest BCUT2D eigenvalue weighted by Crippen LogP contribution is -2.17. The van der Waals surface area contributed by atoms with E-state index in [9.17, 15) is 0 Å². The number of nitrogens with zero attached hydrogens (tertiary/aromatic N) is 2. The number of hydrogen-bond donors (Lipinski definition) is 1. The second kappa shape index (κ2) is 7.37. The quantitative estimate of drug-likeness (QED) is 0.549. The number of hydrogen-bond acceptors (Lipinski definition) is 5. The topological polar surface area (TPSA) is 60.2 Å². The number of furan rings is 1. The van der Waals surface area contributed by atoms with Crippen LogP contribution in [0.3, 0.4) is 0 Å². The van der Waals surface area contributed by atoms with Gasteiger partial charge in [0.25, 0.3) is 0 Å². The van der Waals surface area contributed by atoms with Crippen molar-refractivity contribution in [1.29, 1.82) is 0 Å². The predicted octanol–water partition coefficient (Wildman–Crippen LogP) is 4.69. The SMILES string of the molecule is COCC(Nc1nc(-c2ccccc2)c2ccccc2n1)c1ccco1. The van der Waals surface area contributed by atoms with E-state index in [1.807, 2.05) is 54.6 Å². The first kappa shape index (κ1) is 16.3. The van der Waals surface area contributed by atoms with Crippen LogP contribution in [-0.2, 0) is 4.74 Å². The van der Waals surface area contributed by atoms with Gasteiger partial charge in [0.2, 0.25) is 5.95 Å². The molecule has 130 valence electrons. The third-order valence-electron chi connectivity index (χ3n) is 4.17. The van der Waals surface area contributed by atoms with Crippen molar-refractivity contribution in [2.75, 3.05) is 19.0 Å². The molecular formula is C21H19N3O2. The van der Waals surface area contributed by atoms with E-state index in [0.717, 1.165) is 27.9 Å². The minimum Gasteiger partial charge on any atom is -0.467 e. The molecule has 2 aromatic heterocycles. The standard InChI is InChI=1S/C21H19N3O2/c1-25-14-18(19-12-7-13-26-19)23-21-22-17-11-6-5-10-16(17)20(24-21)15-8-3-2-4-9-15/h2-13,18H,14H2,1H3,(H,22,23,24). The zero-order valence-electron chi connectivity index (χ0n) is 14.4. The molecular weight excluding hydrogens is 326 g/mol. The summed E-state index contributed by atoms with van der Waals surface area (Å²) in [6.07, 6.45) is 1.65. The molecule has 0 spiro atoms. The molecule has 0 saturated carbocycles. The normalized spacial score (nSPS) is 12.2.